The smallest absolute Gasteiger partial charge is 0.416 e. The number of hydrogen-bond acceptors (Lipinski definition) is 4. The van der Waals surface area contributed by atoms with Crippen molar-refractivity contribution in [3.8, 4) is 11.5 Å². The van der Waals surface area contributed by atoms with Crippen LogP contribution >= 0.6 is 0 Å². The average Bonchev–Trinajstić information content (AvgIpc) is 3.16. The number of benzene rings is 2. The maximum Gasteiger partial charge on any atom is 0.416 e. The van der Waals surface area contributed by atoms with E-state index in [0.717, 1.165) is 12.1 Å². The minimum absolute atomic E-state index is 0.0270. The number of carbonyl (C=O) groups is 2. The molecule has 0 aliphatic carbocycles. The van der Waals surface area contributed by atoms with Gasteiger partial charge in [0.15, 0.2) is 11.5 Å². The first-order valence-electron chi connectivity index (χ1n) is 9.95. The lowest BCUT2D eigenvalue weighted by Crippen LogP contribution is -2.47. The first-order valence-corrected chi connectivity index (χ1v) is 9.95. The van der Waals surface area contributed by atoms with Crippen molar-refractivity contribution in [3.63, 3.8) is 0 Å². The molecule has 2 atom stereocenters. The zero-order valence-electron chi connectivity index (χ0n) is 16.5. The quantitative estimate of drug-likeness (QED) is 0.784. The van der Waals surface area contributed by atoms with Crippen LogP contribution in [0.15, 0.2) is 48.5 Å². The number of likely N-dealkylation sites (tertiary alicyclic amines) is 1. The third kappa shape index (κ3) is 4.76. The van der Waals surface area contributed by atoms with Crippen molar-refractivity contribution >= 4 is 11.8 Å². The zero-order valence-corrected chi connectivity index (χ0v) is 16.5. The number of carbonyl (C=O) groups excluding carboxylic acids is 2. The Morgan fingerprint density at radius 1 is 1.16 bits per heavy atom. The maximum atomic E-state index is 13.2. The molecule has 0 spiro atoms. The number of nitrogens with one attached hydrogen (secondary N) is 1. The van der Waals surface area contributed by atoms with E-state index in [0.29, 0.717) is 30.9 Å². The van der Waals surface area contributed by atoms with E-state index in [4.69, 9.17) is 9.47 Å². The molecule has 9 heteroatoms. The second kappa shape index (κ2) is 8.49. The van der Waals surface area contributed by atoms with Gasteiger partial charge in [-0.2, -0.15) is 13.2 Å². The lowest BCUT2D eigenvalue weighted by Gasteiger charge is -2.29. The predicted octanol–water partition coefficient (Wildman–Crippen LogP) is 3.33. The first-order chi connectivity index (χ1) is 14.8. The van der Waals surface area contributed by atoms with E-state index in [2.05, 4.69) is 5.32 Å². The molecule has 2 unspecified atom stereocenters. The van der Waals surface area contributed by atoms with E-state index in [1.54, 1.807) is 29.2 Å². The number of alkyl halides is 3. The molecule has 0 bridgehead atoms. The van der Waals surface area contributed by atoms with Gasteiger partial charge in [-0.05, 0) is 36.2 Å². The summed E-state index contributed by atoms with van der Waals surface area (Å²) in [6.07, 6.45) is -4.41. The van der Waals surface area contributed by atoms with Crippen LogP contribution in [0, 0.1) is 0 Å². The van der Waals surface area contributed by atoms with Crippen LogP contribution in [0.2, 0.25) is 0 Å². The van der Waals surface area contributed by atoms with Crippen LogP contribution in [0.25, 0.3) is 0 Å². The molecule has 2 aromatic rings. The van der Waals surface area contributed by atoms with E-state index in [1.165, 1.54) is 12.1 Å². The number of hydrogen-bond donors (Lipinski definition) is 1. The Kier molecular flexibility index (Phi) is 5.75. The molecule has 2 aliphatic rings. The van der Waals surface area contributed by atoms with Crippen LogP contribution in [-0.4, -0.2) is 42.5 Å². The Hall–Kier alpha value is -3.23. The largest absolute Gasteiger partial charge is 0.485 e. The van der Waals surface area contributed by atoms with Gasteiger partial charge in [-0.3, -0.25) is 9.59 Å². The first kappa shape index (κ1) is 21.0. The van der Waals surface area contributed by atoms with Gasteiger partial charge in [-0.1, -0.05) is 24.3 Å². The van der Waals surface area contributed by atoms with Crippen LogP contribution in [0.4, 0.5) is 13.2 Å². The predicted molar refractivity (Wildman–Crippen MR) is 104 cm³/mol. The van der Waals surface area contributed by atoms with Crippen molar-refractivity contribution in [3.05, 3.63) is 59.7 Å². The third-order valence-corrected chi connectivity index (χ3v) is 5.31. The molecule has 164 valence electrons. The number of rotatable bonds is 5. The van der Waals surface area contributed by atoms with Crippen LogP contribution < -0.4 is 14.8 Å². The zero-order chi connectivity index (χ0) is 22.0. The molecule has 1 saturated heterocycles. The molecular formula is C22H21F3N2O4. The number of para-hydroxylation sites is 2. The Balaban J connectivity index is 1.55. The number of nitrogens with zero attached hydrogens (tertiary/aromatic N) is 1. The number of ether oxygens (including phenoxy) is 2. The summed E-state index contributed by atoms with van der Waals surface area (Å²) in [5.41, 5.74) is -0.553. The third-order valence-electron chi connectivity index (χ3n) is 5.31. The molecule has 1 fully saturated rings. The normalized spacial score (nSPS) is 19.3. The van der Waals surface area contributed by atoms with Gasteiger partial charge in [-0.25, -0.2) is 0 Å². The van der Waals surface area contributed by atoms with E-state index >= 15 is 0 Å². The molecule has 6 nitrogen and oxygen atoms in total. The summed E-state index contributed by atoms with van der Waals surface area (Å²) in [7, 11) is 0. The van der Waals surface area contributed by atoms with Gasteiger partial charge in [0.1, 0.15) is 6.61 Å². The van der Waals surface area contributed by atoms with Gasteiger partial charge < -0.3 is 19.7 Å². The molecule has 0 radical (unpaired) electrons. The summed E-state index contributed by atoms with van der Waals surface area (Å²) < 4.78 is 50.9. The molecule has 31 heavy (non-hydrogen) atoms. The molecule has 2 aliphatic heterocycles. The van der Waals surface area contributed by atoms with Crippen LogP contribution in [0.3, 0.4) is 0 Å². The van der Waals surface area contributed by atoms with Gasteiger partial charge in [0.2, 0.25) is 12.0 Å². The van der Waals surface area contributed by atoms with E-state index in [9.17, 15) is 22.8 Å². The molecule has 2 amide bonds. The summed E-state index contributed by atoms with van der Waals surface area (Å²) in [6.45, 7) is 0.553. The monoisotopic (exact) mass is 434 g/mol. The van der Waals surface area contributed by atoms with Crippen molar-refractivity contribution in [2.45, 2.75) is 31.2 Å². The summed E-state index contributed by atoms with van der Waals surface area (Å²) >= 11 is 0. The van der Waals surface area contributed by atoms with Crippen LogP contribution in [0.1, 0.15) is 30.0 Å². The second-order valence-electron chi connectivity index (χ2n) is 7.49. The fourth-order valence-corrected chi connectivity index (χ4v) is 3.70. The number of fused-ring (bicyclic) bond motifs is 1. The lowest BCUT2D eigenvalue weighted by molar-refractivity contribution is -0.137. The van der Waals surface area contributed by atoms with Gasteiger partial charge in [0, 0.05) is 19.5 Å². The van der Waals surface area contributed by atoms with Crippen molar-refractivity contribution in [1.29, 1.82) is 0 Å². The SMILES string of the molecule is O=C(NC(CN1CCCC1=O)c1cccc(C(F)(F)F)c1)C1COc2ccccc2O1. The number of halogens is 3. The second-order valence-corrected chi connectivity index (χ2v) is 7.49. The van der Waals surface area contributed by atoms with Crippen molar-refractivity contribution in [2.24, 2.45) is 0 Å². The van der Waals surface area contributed by atoms with E-state index in [-0.39, 0.29) is 24.6 Å². The Bertz CT molecular complexity index is 979. The van der Waals surface area contributed by atoms with Gasteiger partial charge >= 0.3 is 6.18 Å². The molecule has 1 N–H and O–H groups in total. The maximum absolute atomic E-state index is 13.2. The summed E-state index contributed by atoms with van der Waals surface area (Å²) in [6, 6.07) is 10.9. The van der Waals surface area contributed by atoms with E-state index in [1.807, 2.05) is 0 Å². The standard InChI is InChI=1S/C22H21F3N2O4/c23-22(24,25)15-6-3-5-14(11-15)16(12-27-10-4-9-20(27)28)26-21(29)19-13-30-17-7-1-2-8-18(17)31-19/h1-3,5-8,11,16,19H,4,9-10,12-13H2,(H,26,29). The molecule has 0 saturated carbocycles. The molecule has 2 aromatic carbocycles. The Morgan fingerprint density at radius 3 is 2.65 bits per heavy atom. The summed E-state index contributed by atoms with van der Waals surface area (Å²) in [5.74, 6) is 0.323. The fourth-order valence-electron chi connectivity index (χ4n) is 3.70. The van der Waals surface area contributed by atoms with Crippen LogP contribution in [0.5, 0.6) is 11.5 Å². The fraction of sp³-hybridized carbons (Fsp3) is 0.364. The average molecular weight is 434 g/mol. The summed E-state index contributed by atoms with van der Waals surface area (Å²) in [4.78, 5) is 26.5. The molecule has 0 aromatic heterocycles. The highest BCUT2D eigenvalue weighted by atomic mass is 19.4. The minimum atomic E-state index is -4.52. The van der Waals surface area contributed by atoms with Gasteiger partial charge in [0.25, 0.3) is 5.91 Å². The van der Waals surface area contributed by atoms with Crippen molar-refractivity contribution in [2.75, 3.05) is 19.7 Å². The molecule has 2 heterocycles. The van der Waals surface area contributed by atoms with Gasteiger partial charge in [0.05, 0.1) is 11.6 Å². The highest BCUT2D eigenvalue weighted by Crippen LogP contribution is 2.33. The van der Waals surface area contributed by atoms with Gasteiger partial charge in [-0.15, -0.1) is 0 Å². The van der Waals surface area contributed by atoms with E-state index < -0.39 is 29.8 Å². The number of amides is 2. The lowest BCUT2D eigenvalue weighted by atomic mass is 10.0. The summed E-state index contributed by atoms with van der Waals surface area (Å²) in [5, 5.41) is 2.75. The minimum Gasteiger partial charge on any atom is -0.485 e. The molecular weight excluding hydrogens is 413 g/mol. The van der Waals surface area contributed by atoms with Crippen molar-refractivity contribution < 1.29 is 32.2 Å². The van der Waals surface area contributed by atoms with Crippen LogP contribution in [-0.2, 0) is 15.8 Å². The topological polar surface area (TPSA) is 67.9 Å². The Morgan fingerprint density at radius 2 is 1.94 bits per heavy atom. The van der Waals surface area contributed by atoms with Crippen molar-refractivity contribution in [1.82, 2.24) is 10.2 Å². The Labute approximate surface area is 176 Å². The highest BCUT2D eigenvalue weighted by molar-refractivity contribution is 5.82. The highest BCUT2D eigenvalue weighted by Gasteiger charge is 2.34. The molecule has 4 rings (SSSR count).